The molecular weight excluding hydrogens is 421 g/mol. The van der Waals surface area contributed by atoms with Crippen LogP contribution >= 0.6 is 0 Å². The average molecular weight is 441 g/mol. The predicted octanol–water partition coefficient (Wildman–Crippen LogP) is 3.36. The van der Waals surface area contributed by atoms with Crippen LogP contribution in [0.25, 0.3) is 21.8 Å². The van der Waals surface area contributed by atoms with E-state index in [1.165, 1.54) is 29.2 Å². The van der Waals surface area contributed by atoms with Crippen LogP contribution in [0.3, 0.4) is 0 Å². The molecule has 0 aliphatic rings. The van der Waals surface area contributed by atoms with Gasteiger partial charge in [-0.25, -0.2) is 14.1 Å². The first-order valence-corrected chi connectivity index (χ1v) is 10.5. The van der Waals surface area contributed by atoms with Gasteiger partial charge < -0.3 is 5.32 Å². The van der Waals surface area contributed by atoms with Gasteiger partial charge in [-0.3, -0.25) is 14.2 Å². The van der Waals surface area contributed by atoms with Gasteiger partial charge in [0.1, 0.15) is 17.5 Å². The number of nitrogens with zero attached hydrogens (tertiary/aromatic N) is 4. The SMILES string of the molecule is O=C(NCCn1ncc2c(=O)n(Cc3ccc(F)cc3)cnc21)c1ccc2ccccc2c1. The number of amides is 1. The van der Waals surface area contributed by atoms with Crippen LogP contribution in [0, 0.1) is 5.82 Å². The first kappa shape index (κ1) is 20.6. The van der Waals surface area contributed by atoms with Crippen molar-refractivity contribution in [1.82, 2.24) is 24.6 Å². The smallest absolute Gasteiger partial charge is 0.264 e. The van der Waals surface area contributed by atoms with Gasteiger partial charge in [-0.1, -0.05) is 42.5 Å². The highest BCUT2D eigenvalue weighted by atomic mass is 19.1. The maximum Gasteiger partial charge on any atom is 0.264 e. The average Bonchev–Trinajstić information content (AvgIpc) is 3.25. The van der Waals surface area contributed by atoms with Crippen molar-refractivity contribution in [1.29, 1.82) is 0 Å². The Kier molecular flexibility index (Phi) is 5.40. The fourth-order valence-electron chi connectivity index (χ4n) is 3.77. The lowest BCUT2D eigenvalue weighted by Crippen LogP contribution is -2.27. The van der Waals surface area contributed by atoms with Crippen LogP contribution in [-0.4, -0.2) is 31.8 Å². The van der Waals surface area contributed by atoms with Gasteiger partial charge in [-0.05, 0) is 40.6 Å². The molecule has 0 radical (unpaired) electrons. The quantitative estimate of drug-likeness (QED) is 0.438. The Morgan fingerprint density at radius 2 is 1.79 bits per heavy atom. The molecule has 164 valence electrons. The number of rotatable bonds is 6. The van der Waals surface area contributed by atoms with Crippen molar-refractivity contribution in [3.63, 3.8) is 0 Å². The molecule has 0 fully saturated rings. The Hall–Kier alpha value is -4.33. The highest BCUT2D eigenvalue weighted by Gasteiger charge is 2.11. The minimum Gasteiger partial charge on any atom is -0.350 e. The zero-order valence-electron chi connectivity index (χ0n) is 17.6. The predicted molar refractivity (Wildman–Crippen MR) is 124 cm³/mol. The van der Waals surface area contributed by atoms with E-state index in [9.17, 15) is 14.0 Å². The van der Waals surface area contributed by atoms with Crippen molar-refractivity contribution in [3.05, 3.63) is 107 Å². The van der Waals surface area contributed by atoms with E-state index in [-0.39, 0.29) is 23.8 Å². The molecule has 8 heteroatoms. The molecule has 33 heavy (non-hydrogen) atoms. The summed E-state index contributed by atoms with van der Waals surface area (Å²) in [6.45, 7) is 0.995. The van der Waals surface area contributed by atoms with E-state index >= 15 is 0 Å². The Morgan fingerprint density at radius 1 is 1.00 bits per heavy atom. The molecule has 3 aromatic carbocycles. The molecule has 0 unspecified atom stereocenters. The van der Waals surface area contributed by atoms with Crippen LogP contribution in [0.5, 0.6) is 0 Å². The number of carbonyl (C=O) groups excluding carboxylic acids is 1. The maximum atomic E-state index is 13.1. The molecule has 0 spiro atoms. The van der Waals surface area contributed by atoms with Crippen LogP contribution in [-0.2, 0) is 13.1 Å². The summed E-state index contributed by atoms with van der Waals surface area (Å²) in [5.74, 6) is -0.500. The highest BCUT2D eigenvalue weighted by Crippen LogP contribution is 2.15. The second kappa shape index (κ2) is 8.66. The van der Waals surface area contributed by atoms with E-state index in [0.29, 0.717) is 29.7 Å². The molecule has 2 heterocycles. The van der Waals surface area contributed by atoms with Crippen molar-refractivity contribution >= 4 is 27.7 Å². The van der Waals surface area contributed by atoms with Gasteiger partial charge in [0.25, 0.3) is 11.5 Å². The molecular formula is C25H20FN5O2. The minimum absolute atomic E-state index is 0.174. The fourth-order valence-corrected chi connectivity index (χ4v) is 3.77. The number of carbonyl (C=O) groups is 1. The van der Waals surface area contributed by atoms with E-state index < -0.39 is 0 Å². The van der Waals surface area contributed by atoms with Gasteiger partial charge >= 0.3 is 0 Å². The molecule has 0 aliphatic carbocycles. The molecule has 0 saturated heterocycles. The Morgan fingerprint density at radius 3 is 2.61 bits per heavy atom. The van der Waals surface area contributed by atoms with Crippen LogP contribution in [0.15, 0.2) is 84.0 Å². The van der Waals surface area contributed by atoms with Gasteiger partial charge in [0.15, 0.2) is 5.65 Å². The first-order valence-electron chi connectivity index (χ1n) is 10.5. The maximum absolute atomic E-state index is 13.1. The van der Waals surface area contributed by atoms with Gasteiger partial charge in [-0.2, -0.15) is 5.10 Å². The van der Waals surface area contributed by atoms with Gasteiger partial charge in [0.05, 0.1) is 19.3 Å². The Bertz CT molecular complexity index is 1520. The lowest BCUT2D eigenvalue weighted by Gasteiger charge is -2.08. The molecule has 5 rings (SSSR count). The molecule has 0 atom stereocenters. The fraction of sp³-hybridized carbons (Fsp3) is 0.120. The molecule has 0 aliphatic heterocycles. The van der Waals surface area contributed by atoms with Crippen LogP contribution in [0.4, 0.5) is 4.39 Å². The minimum atomic E-state index is -0.325. The molecule has 0 bridgehead atoms. The number of halogens is 1. The van der Waals surface area contributed by atoms with Crippen molar-refractivity contribution in [2.75, 3.05) is 6.54 Å². The van der Waals surface area contributed by atoms with Crippen molar-refractivity contribution in [3.8, 4) is 0 Å². The number of aromatic nitrogens is 4. The third kappa shape index (κ3) is 4.23. The van der Waals surface area contributed by atoms with Crippen molar-refractivity contribution in [2.45, 2.75) is 13.1 Å². The van der Waals surface area contributed by atoms with Gasteiger partial charge in [0, 0.05) is 12.1 Å². The summed E-state index contributed by atoms with van der Waals surface area (Å²) in [5.41, 5.74) is 1.61. The second-order valence-electron chi connectivity index (χ2n) is 7.73. The summed E-state index contributed by atoms with van der Waals surface area (Å²) < 4.78 is 16.2. The van der Waals surface area contributed by atoms with Gasteiger partial charge in [-0.15, -0.1) is 0 Å². The van der Waals surface area contributed by atoms with E-state index in [1.807, 2.05) is 36.4 Å². The molecule has 2 aromatic heterocycles. The van der Waals surface area contributed by atoms with Crippen LogP contribution < -0.4 is 10.9 Å². The normalized spacial score (nSPS) is 11.2. The topological polar surface area (TPSA) is 81.8 Å². The molecule has 1 amide bonds. The van der Waals surface area contributed by atoms with Crippen molar-refractivity contribution in [2.24, 2.45) is 0 Å². The Balaban J connectivity index is 1.27. The van der Waals surface area contributed by atoms with Gasteiger partial charge in [0.2, 0.25) is 0 Å². The summed E-state index contributed by atoms with van der Waals surface area (Å²) in [4.78, 5) is 29.7. The zero-order valence-corrected chi connectivity index (χ0v) is 17.6. The number of hydrogen-bond acceptors (Lipinski definition) is 4. The standard InChI is InChI=1S/C25H20FN5O2/c26-21-9-5-17(6-10-21)15-30-16-28-23-22(25(30)33)14-29-31(23)12-11-27-24(32)20-8-7-18-3-1-2-4-19(18)13-20/h1-10,13-14,16H,11-12,15H2,(H,27,32). The Labute approximate surface area is 188 Å². The molecule has 1 N–H and O–H groups in total. The zero-order chi connectivity index (χ0) is 22.8. The highest BCUT2D eigenvalue weighted by molar-refractivity contribution is 5.98. The van der Waals surface area contributed by atoms with Crippen molar-refractivity contribution < 1.29 is 9.18 Å². The summed E-state index contributed by atoms with van der Waals surface area (Å²) in [6.07, 6.45) is 2.94. The summed E-state index contributed by atoms with van der Waals surface area (Å²) in [7, 11) is 0. The van der Waals surface area contributed by atoms with E-state index in [0.717, 1.165) is 16.3 Å². The van der Waals surface area contributed by atoms with Crippen LogP contribution in [0.1, 0.15) is 15.9 Å². The number of fused-ring (bicyclic) bond motifs is 2. The first-order chi connectivity index (χ1) is 16.1. The third-order valence-electron chi connectivity index (χ3n) is 5.51. The molecule has 0 saturated carbocycles. The summed E-state index contributed by atoms with van der Waals surface area (Å²) in [6, 6.07) is 19.4. The third-order valence-corrected chi connectivity index (χ3v) is 5.51. The number of nitrogens with one attached hydrogen (secondary N) is 1. The molecule has 5 aromatic rings. The number of benzene rings is 3. The number of hydrogen-bond donors (Lipinski definition) is 1. The lowest BCUT2D eigenvalue weighted by molar-refractivity contribution is 0.0952. The monoisotopic (exact) mass is 441 g/mol. The summed E-state index contributed by atoms with van der Waals surface area (Å²) >= 11 is 0. The second-order valence-corrected chi connectivity index (χ2v) is 7.73. The van der Waals surface area contributed by atoms with E-state index in [4.69, 9.17) is 0 Å². The summed E-state index contributed by atoms with van der Waals surface area (Å²) in [5, 5.41) is 9.63. The molecule has 7 nitrogen and oxygen atoms in total. The van der Waals surface area contributed by atoms with E-state index in [1.54, 1.807) is 22.9 Å². The van der Waals surface area contributed by atoms with Crippen LogP contribution in [0.2, 0.25) is 0 Å². The largest absolute Gasteiger partial charge is 0.350 e. The lowest BCUT2D eigenvalue weighted by atomic mass is 10.1. The van der Waals surface area contributed by atoms with E-state index in [2.05, 4.69) is 15.4 Å².